The monoisotopic (exact) mass is 301 g/mol. The molecule has 0 aromatic heterocycles. The van der Waals surface area contributed by atoms with E-state index in [0.717, 1.165) is 6.07 Å². The molecule has 2 aromatic carbocycles. The molecule has 0 spiro atoms. The predicted molar refractivity (Wildman–Crippen MR) is 68.3 cm³/mol. The summed E-state index contributed by atoms with van der Waals surface area (Å²) in [4.78, 5) is 0. The summed E-state index contributed by atoms with van der Waals surface area (Å²) in [5.41, 5.74) is 5.82. The smallest absolute Gasteiger partial charge is 0.485 e. The summed E-state index contributed by atoms with van der Waals surface area (Å²) in [6.07, 6.45) is -4.84. The van der Waals surface area contributed by atoms with Gasteiger partial charge in [0.15, 0.2) is 11.5 Å². The van der Waals surface area contributed by atoms with Crippen molar-refractivity contribution < 1.29 is 27.0 Å². The van der Waals surface area contributed by atoms with Crippen molar-refractivity contribution in [1.82, 2.24) is 0 Å². The Bertz CT molecular complexity index is 608. The van der Waals surface area contributed by atoms with Gasteiger partial charge < -0.3 is 15.2 Å². The lowest BCUT2D eigenvalue weighted by molar-refractivity contribution is -0.275. The Balaban J connectivity index is 2.17. The predicted octanol–water partition coefficient (Wildman–Crippen LogP) is 3.89. The van der Waals surface area contributed by atoms with Gasteiger partial charge in [-0.15, -0.1) is 13.2 Å². The molecule has 0 radical (unpaired) electrons. The molecule has 0 aliphatic heterocycles. The molecule has 0 saturated carbocycles. The van der Waals surface area contributed by atoms with Crippen LogP contribution in [0.15, 0.2) is 42.5 Å². The maximum atomic E-state index is 13.6. The average Bonchev–Trinajstić information content (AvgIpc) is 2.38. The van der Waals surface area contributed by atoms with Gasteiger partial charge in [-0.25, -0.2) is 4.39 Å². The van der Waals surface area contributed by atoms with Crippen molar-refractivity contribution >= 4 is 5.69 Å². The molecule has 112 valence electrons. The highest BCUT2D eigenvalue weighted by atomic mass is 19.4. The molecule has 0 aliphatic carbocycles. The molecular weight excluding hydrogens is 290 g/mol. The number of para-hydroxylation sites is 2. The van der Waals surface area contributed by atoms with Crippen LogP contribution in [0.2, 0.25) is 0 Å². The average molecular weight is 301 g/mol. The molecule has 0 saturated heterocycles. The first-order valence-corrected chi connectivity index (χ1v) is 5.87. The third kappa shape index (κ3) is 4.01. The maximum absolute atomic E-state index is 13.6. The lowest BCUT2D eigenvalue weighted by Crippen LogP contribution is -2.17. The van der Waals surface area contributed by atoms with E-state index in [-0.39, 0.29) is 23.6 Å². The quantitative estimate of drug-likeness (QED) is 0.688. The van der Waals surface area contributed by atoms with E-state index in [9.17, 15) is 17.6 Å². The van der Waals surface area contributed by atoms with Crippen molar-refractivity contribution in [2.24, 2.45) is 0 Å². The Kier molecular flexibility index (Phi) is 4.21. The second-order valence-electron chi connectivity index (χ2n) is 4.09. The van der Waals surface area contributed by atoms with Crippen LogP contribution in [0.5, 0.6) is 11.5 Å². The number of hydrogen-bond acceptors (Lipinski definition) is 3. The van der Waals surface area contributed by atoms with E-state index in [1.807, 2.05) is 0 Å². The second kappa shape index (κ2) is 5.90. The Hall–Kier alpha value is -2.44. The molecular formula is C14H11F4NO2. The molecule has 0 unspecified atom stereocenters. The fourth-order valence-electron chi connectivity index (χ4n) is 1.66. The molecule has 0 fully saturated rings. The van der Waals surface area contributed by atoms with Crippen molar-refractivity contribution in [3.05, 3.63) is 53.8 Å². The first-order chi connectivity index (χ1) is 9.87. The summed E-state index contributed by atoms with van der Waals surface area (Å²) < 4.78 is 59.3. The van der Waals surface area contributed by atoms with Gasteiger partial charge in [0.25, 0.3) is 0 Å². The Labute approximate surface area is 117 Å². The number of benzene rings is 2. The van der Waals surface area contributed by atoms with Crippen molar-refractivity contribution in [3.63, 3.8) is 0 Å². The van der Waals surface area contributed by atoms with Gasteiger partial charge in [-0.1, -0.05) is 18.2 Å². The first kappa shape index (κ1) is 15.0. The number of nitrogens with two attached hydrogens (primary N) is 1. The zero-order chi connectivity index (χ0) is 15.5. The highest BCUT2D eigenvalue weighted by Gasteiger charge is 2.32. The van der Waals surface area contributed by atoms with E-state index >= 15 is 0 Å². The van der Waals surface area contributed by atoms with Gasteiger partial charge in [0, 0.05) is 11.3 Å². The Morgan fingerprint density at radius 1 is 0.952 bits per heavy atom. The van der Waals surface area contributed by atoms with Crippen LogP contribution in [0.4, 0.5) is 23.2 Å². The van der Waals surface area contributed by atoms with Gasteiger partial charge in [0.1, 0.15) is 12.4 Å². The van der Waals surface area contributed by atoms with Gasteiger partial charge in [0.2, 0.25) is 0 Å². The highest BCUT2D eigenvalue weighted by Crippen LogP contribution is 2.32. The molecule has 0 heterocycles. The Morgan fingerprint density at radius 3 is 2.24 bits per heavy atom. The largest absolute Gasteiger partial charge is 0.573 e. The number of nitrogen functional groups attached to an aromatic ring is 1. The molecule has 2 aromatic rings. The summed E-state index contributed by atoms with van der Waals surface area (Å²) in [6.45, 7) is -0.309. The molecule has 2 rings (SSSR count). The highest BCUT2D eigenvalue weighted by molar-refractivity contribution is 5.47. The number of hydrogen-bond donors (Lipinski definition) is 1. The standard InChI is InChI=1S/C14H11F4NO2/c15-10-4-3-5-11(19)9(10)8-20-12-6-1-2-7-13(12)21-14(16,17)18/h1-7H,8,19H2. The van der Waals surface area contributed by atoms with Crippen LogP contribution in [0.3, 0.4) is 0 Å². The number of halogens is 4. The van der Waals surface area contributed by atoms with Crippen LogP contribution in [0, 0.1) is 5.82 Å². The maximum Gasteiger partial charge on any atom is 0.573 e. The van der Waals surface area contributed by atoms with Crippen LogP contribution >= 0.6 is 0 Å². The third-order valence-electron chi connectivity index (χ3n) is 2.60. The minimum atomic E-state index is -4.84. The van der Waals surface area contributed by atoms with Gasteiger partial charge >= 0.3 is 6.36 Å². The molecule has 21 heavy (non-hydrogen) atoms. The topological polar surface area (TPSA) is 44.5 Å². The van der Waals surface area contributed by atoms with Crippen LogP contribution in [-0.2, 0) is 6.61 Å². The number of alkyl halides is 3. The van der Waals surface area contributed by atoms with E-state index in [2.05, 4.69) is 4.74 Å². The van der Waals surface area contributed by atoms with Gasteiger partial charge in [-0.2, -0.15) is 0 Å². The summed E-state index contributed by atoms with van der Waals surface area (Å²) >= 11 is 0. The minimum Gasteiger partial charge on any atom is -0.485 e. The van der Waals surface area contributed by atoms with E-state index in [1.165, 1.54) is 36.4 Å². The van der Waals surface area contributed by atoms with Crippen LogP contribution in [0.25, 0.3) is 0 Å². The lowest BCUT2D eigenvalue weighted by Gasteiger charge is -2.14. The summed E-state index contributed by atoms with van der Waals surface area (Å²) in [5, 5.41) is 0. The molecule has 2 N–H and O–H groups in total. The molecule has 3 nitrogen and oxygen atoms in total. The number of ether oxygens (including phenoxy) is 2. The summed E-state index contributed by atoms with van der Waals surface area (Å²) in [6, 6.07) is 9.32. The minimum absolute atomic E-state index is 0.0688. The lowest BCUT2D eigenvalue weighted by atomic mass is 10.2. The Morgan fingerprint density at radius 2 is 1.62 bits per heavy atom. The second-order valence-corrected chi connectivity index (χ2v) is 4.09. The van der Waals surface area contributed by atoms with E-state index < -0.39 is 17.9 Å². The van der Waals surface area contributed by atoms with E-state index in [4.69, 9.17) is 10.5 Å². The SMILES string of the molecule is Nc1cccc(F)c1COc1ccccc1OC(F)(F)F. The van der Waals surface area contributed by atoms with Crippen LogP contribution in [0.1, 0.15) is 5.56 Å². The van der Waals surface area contributed by atoms with Gasteiger partial charge in [-0.05, 0) is 24.3 Å². The van der Waals surface area contributed by atoms with Gasteiger partial charge in [-0.3, -0.25) is 0 Å². The van der Waals surface area contributed by atoms with Crippen LogP contribution < -0.4 is 15.2 Å². The van der Waals surface area contributed by atoms with Crippen molar-refractivity contribution in [3.8, 4) is 11.5 Å². The molecule has 0 bridgehead atoms. The van der Waals surface area contributed by atoms with Crippen molar-refractivity contribution in [2.45, 2.75) is 13.0 Å². The zero-order valence-corrected chi connectivity index (χ0v) is 10.7. The molecule has 7 heteroatoms. The molecule has 0 atom stereocenters. The number of rotatable bonds is 4. The summed E-state index contributed by atoms with van der Waals surface area (Å²) in [5.74, 6) is -1.25. The van der Waals surface area contributed by atoms with Gasteiger partial charge in [0.05, 0.1) is 0 Å². The van der Waals surface area contributed by atoms with E-state index in [1.54, 1.807) is 0 Å². The molecule has 0 aliphatic rings. The van der Waals surface area contributed by atoms with Crippen molar-refractivity contribution in [2.75, 3.05) is 5.73 Å². The van der Waals surface area contributed by atoms with Crippen LogP contribution in [-0.4, -0.2) is 6.36 Å². The zero-order valence-electron chi connectivity index (χ0n) is 10.7. The summed E-state index contributed by atoms with van der Waals surface area (Å²) in [7, 11) is 0. The first-order valence-electron chi connectivity index (χ1n) is 5.87. The third-order valence-corrected chi connectivity index (χ3v) is 2.60. The van der Waals surface area contributed by atoms with E-state index in [0.29, 0.717) is 0 Å². The fourth-order valence-corrected chi connectivity index (χ4v) is 1.66. The fraction of sp³-hybridized carbons (Fsp3) is 0.143. The number of anilines is 1. The normalized spacial score (nSPS) is 11.2. The van der Waals surface area contributed by atoms with Crippen molar-refractivity contribution in [1.29, 1.82) is 0 Å². The molecule has 0 amide bonds.